The Kier molecular flexibility index (Phi) is 7.30. The summed E-state index contributed by atoms with van der Waals surface area (Å²) in [5, 5.41) is 0. The molecule has 0 radical (unpaired) electrons. The van der Waals surface area contributed by atoms with E-state index in [1.54, 1.807) is 0 Å². The zero-order chi connectivity index (χ0) is 16.3. The molecule has 0 aliphatic heterocycles. The van der Waals surface area contributed by atoms with Crippen molar-refractivity contribution < 1.29 is 3.07 Å². The molecule has 2 nitrogen and oxygen atoms in total. The molecular weight excluding hydrogens is 381 g/mol. The van der Waals surface area contributed by atoms with E-state index in [0.29, 0.717) is 0 Å². The standard InChI is InChI=1S/C11H24NOSi.3C2H5.Sn/c1-6-14(7-2,8-3)10-9-11(10,13)12(4)5;3*1-2;/h10H,6-9H2,1-5H3;3*1H2,2H3;/q-1;;;;+1. The van der Waals surface area contributed by atoms with E-state index >= 15 is 0 Å². The van der Waals surface area contributed by atoms with Crippen molar-refractivity contribution >= 4 is 26.9 Å². The Hall–Kier alpha value is 0.936. The molecule has 2 unspecified atom stereocenters. The predicted octanol–water partition coefficient (Wildman–Crippen LogP) is 5.55. The van der Waals surface area contributed by atoms with E-state index in [0.717, 1.165) is 5.54 Å². The van der Waals surface area contributed by atoms with Crippen LogP contribution in [0.4, 0.5) is 0 Å². The monoisotopic (exact) mass is 421 g/mol. The molecule has 1 rings (SSSR count). The molecule has 126 valence electrons. The number of nitrogens with zero attached hydrogens (tertiary/aromatic N) is 1. The molecule has 0 aromatic carbocycles. The van der Waals surface area contributed by atoms with E-state index in [9.17, 15) is 0 Å². The molecule has 0 spiro atoms. The molecule has 0 saturated heterocycles. The van der Waals surface area contributed by atoms with E-state index in [-0.39, 0.29) is 5.72 Å². The van der Waals surface area contributed by atoms with Gasteiger partial charge >= 0.3 is 140 Å². The van der Waals surface area contributed by atoms with Crippen molar-refractivity contribution in [3.63, 3.8) is 0 Å². The van der Waals surface area contributed by atoms with E-state index in [1.165, 1.54) is 37.9 Å². The van der Waals surface area contributed by atoms with Crippen molar-refractivity contribution in [1.82, 2.24) is 4.90 Å². The minimum absolute atomic E-state index is 0.131. The Labute approximate surface area is 139 Å². The normalized spacial score (nSPS) is 26.4. The van der Waals surface area contributed by atoms with Gasteiger partial charge in [-0.2, -0.15) is 0 Å². The molecule has 0 bridgehead atoms. The van der Waals surface area contributed by atoms with Gasteiger partial charge in [-0.1, -0.05) is 0 Å². The van der Waals surface area contributed by atoms with Gasteiger partial charge in [0, 0.05) is 0 Å². The molecule has 0 heterocycles. The summed E-state index contributed by atoms with van der Waals surface area (Å²) in [5.41, 5.74) is 1.01. The first-order valence-corrected chi connectivity index (χ1v) is 19.1. The topological polar surface area (TPSA) is 12.5 Å². The van der Waals surface area contributed by atoms with Crippen LogP contribution in [-0.4, -0.2) is 51.6 Å². The van der Waals surface area contributed by atoms with Crippen molar-refractivity contribution in [2.45, 2.75) is 90.7 Å². The van der Waals surface area contributed by atoms with Crippen molar-refractivity contribution in [3.05, 3.63) is 0 Å². The second-order valence-corrected chi connectivity index (χ2v) is 26.2. The third-order valence-electron chi connectivity index (χ3n) is 6.82. The van der Waals surface area contributed by atoms with E-state index in [4.69, 9.17) is 3.07 Å². The first-order valence-electron chi connectivity index (χ1n) is 9.23. The Bertz CT molecular complexity index is 312. The van der Waals surface area contributed by atoms with Crippen LogP contribution in [-0.2, 0) is 3.07 Å². The molecule has 0 amide bonds. The number of hydrogen-bond donors (Lipinski definition) is 0. The summed E-state index contributed by atoms with van der Waals surface area (Å²) in [6.45, 7) is 14.5. The molecule has 0 aromatic heterocycles. The molecule has 4 heteroatoms. The summed E-state index contributed by atoms with van der Waals surface area (Å²) in [6.07, 6.45) is 1.32. The summed E-state index contributed by atoms with van der Waals surface area (Å²) in [4.78, 5) is 2.45. The van der Waals surface area contributed by atoms with Crippen LogP contribution in [0.15, 0.2) is 0 Å². The van der Waals surface area contributed by atoms with E-state index < -0.39 is 26.9 Å². The quantitative estimate of drug-likeness (QED) is 0.340. The van der Waals surface area contributed by atoms with Crippen molar-refractivity contribution in [1.29, 1.82) is 0 Å². The molecule has 1 fully saturated rings. The molecular formula is C17H39NOSiSn. The van der Waals surface area contributed by atoms with Gasteiger partial charge in [0.1, 0.15) is 0 Å². The molecule has 2 atom stereocenters. The average Bonchev–Trinajstić information content (AvgIpc) is 3.24. The third-order valence-corrected chi connectivity index (χ3v) is 26.5. The van der Waals surface area contributed by atoms with Crippen LogP contribution in [0.5, 0.6) is 0 Å². The fraction of sp³-hybridized carbons (Fsp3) is 1.00. The SMILES string of the molecule is CC[Si](CC)(CC)C1CC1([O][Sn]([CH2]C)([CH2]C)[CH2]C)N(C)C. The third kappa shape index (κ3) is 3.56. The van der Waals surface area contributed by atoms with Gasteiger partial charge in [0.2, 0.25) is 0 Å². The van der Waals surface area contributed by atoms with Crippen LogP contribution in [0.25, 0.3) is 0 Å². The van der Waals surface area contributed by atoms with Crippen LogP contribution in [0.2, 0.25) is 37.0 Å². The second-order valence-electron chi connectivity index (χ2n) is 7.26. The van der Waals surface area contributed by atoms with Gasteiger partial charge in [0.05, 0.1) is 0 Å². The summed E-state index contributed by atoms with van der Waals surface area (Å²) < 4.78 is 11.1. The van der Waals surface area contributed by atoms with Crippen LogP contribution in [0.3, 0.4) is 0 Å². The Morgan fingerprint density at radius 1 is 0.952 bits per heavy atom. The van der Waals surface area contributed by atoms with Gasteiger partial charge in [-0.15, -0.1) is 0 Å². The molecule has 0 N–H and O–H groups in total. The van der Waals surface area contributed by atoms with Gasteiger partial charge in [-0.3, -0.25) is 0 Å². The van der Waals surface area contributed by atoms with Gasteiger partial charge in [0.15, 0.2) is 0 Å². The zero-order valence-electron chi connectivity index (χ0n) is 15.9. The van der Waals surface area contributed by atoms with E-state index in [1.807, 2.05) is 0 Å². The maximum atomic E-state index is 7.14. The van der Waals surface area contributed by atoms with Crippen LogP contribution >= 0.6 is 0 Å². The Morgan fingerprint density at radius 2 is 1.38 bits per heavy atom. The van der Waals surface area contributed by atoms with Crippen LogP contribution in [0, 0.1) is 0 Å². The zero-order valence-corrected chi connectivity index (χ0v) is 19.7. The van der Waals surface area contributed by atoms with Crippen molar-refractivity contribution in [2.75, 3.05) is 14.1 Å². The van der Waals surface area contributed by atoms with Gasteiger partial charge in [-0.05, 0) is 0 Å². The number of hydrogen-bond acceptors (Lipinski definition) is 2. The summed E-state index contributed by atoms with van der Waals surface area (Å²) >= 11 is -2.36. The number of rotatable bonds is 10. The minimum atomic E-state index is -2.36. The first kappa shape index (κ1) is 20.0. The first-order chi connectivity index (χ1) is 9.85. The Morgan fingerprint density at radius 3 is 1.67 bits per heavy atom. The van der Waals surface area contributed by atoms with Crippen molar-refractivity contribution in [2.24, 2.45) is 0 Å². The maximum absolute atomic E-state index is 7.14. The Balaban J connectivity index is 3.05. The summed E-state index contributed by atoms with van der Waals surface area (Å²) in [6, 6.07) is 4.28. The average molecular weight is 420 g/mol. The summed E-state index contributed by atoms with van der Waals surface area (Å²) in [5.74, 6) is 0. The predicted molar refractivity (Wildman–Crippen MR) is 100 cm³/mol. The second kappa shape index (κ2) is 7.67. The van der Waals surface area contributed by atoms with Crippen molar-refractivity contribution in [3.8, 4) is 0 Å². The molecule has 21 heavy (non-hydrogen) atoms. The molecule has 1 aliphatic carbocycles. The summed E-state index contributed by atoms with van der Waals surface area (Å²) in [7, 11) is 3.37. The van der Waals surface area contributed by atoms with Crippen LogP contribution in [0.1, 0.15) is 48.0 Å². The van der Waals surface area contributed by atoms with Gasteiger partial charge in [-0.25, -0.2) is 0 Å². The molecule has 1 aliphatic rings. The van der Waals surface area contributed by atoms with Gasteiger partial charge < -0.3 is 0 Å². The van der Waals surface area contributed by atoms with Crippen LogP contribution < -0.4 is 0 Å². The molecule has 1 saturated carbocycles. The molecule has 0 aromatic rings. The van der Waals surface area contributed by atoms with E-state index in [2.05, 4.69) is 60.5 Å². The fourth-order valence-corrected chi connectivity index (χ4v) is 18.6. The van der Waals surface area contributed by atoms with Gasteiger partial charge in [0.25, 0.3) is 0 Å². The fourth-order valence-electron chi connectivity index (χ4n) is 4.46.